The molecule has 102 valence electrons. The van der Waals surface area contributed by atoms with Gasteiger partial charge in [-0.05, 0) is 24.4 Å². The lowest BCUT2D eigenvalue weighted by atomic mass is 10.2. The van der Waals surface area contributed by atoms with E-state index in [4.69, 9.17) is 17.3 Å². The highest BCUT2D eigenvalue weighted by Crippen LogP contribution is 2.25. The SMILES string of the molecule is COC(=O)c1cc(N2CCC[C@H]2C(N)=O)nc(Cl)n1. The highest BCUT2D eigenvalue weighted by Gasteiger charge is 2.30. The summed E-state index contributed by atoms with van der Waals surface area (Å²) in [5.41, 5.74) is 5.39. The van der Waals surface area contributed by atoms with Gasteiger partial charge in [0, 0.05) is 12.6 Å². The first-order valence-corrected chi connectivity index (χ1v) is 6.09. The van der Waals surface area contributed by atoms with Crippen molar-refractivity contribution in [3.8, 4) is 0 Å². The first kappa shape index (κ1) is 13.5. The van der Waals surface area contributed by atoms with Crippen LogP contribution in [0.3, 0.4) is 0 Å². The van der Waals surface area contributed by atoms with Gasteiger partial charge in [-0.1, -0.05) is 0 Å². The lowest BCUT2D eigenvalue weighted by molar-refractivity contribution is -0.119. The van der Waals surface area contributed by atoms with Crippen molar-refractivity contribution >= 4 is 29.3 Å². The van der Waals surface area contributed by atoms with E-state index in [0.717, 1.165) is 6.42 Å². The van der Waals surface area contributed by atoms with Gasteiger partial charge in [0.2, 0.25) is 11.2 Å². The molecule has 1 aliphatic rings. The molecule has 2 N–H and O–H groups in total. The van der Waals surface area contributed by atoms with Crippen molar-refractivity contribution in [3.63, 3.8) is 0 Å². The molecule has 0 spiro atoms. The van der Waals surface area contributed by atoms with E-state index in [-0.39, 0.29) is 11.0 Å². The third-order valence-corrected chi connectivity index (χ3v) is 3.12. The van der Waals surface area contributed by atoms with Crippen LogP contribution in [0.2, 0.25) is 5.28 Å². The molecule has 1 atom stereocenters. The number of hydrogen-bond acceptors (Lipinski definition) is 6. The molecule has 2 heterocycles. The maximum atomic E-state index is 11.5. The van der Waals surface area contributed by atoms with Crippen LogP contribution in [0.25, 0.3) is 0 Å². The second-order valence-corrected chi connectivity index (χ2v) is 4.46. The van der Waals surface area contributed by atoms with Crippen molar-refractivity contribution < 1.29 is 14.3 Å². The van der Waals surface area contributed by atoms with E-state index in [1.165, 1.54) is 13.2 Å². The second kappa shape index (κ2) is 5.40. The Morgan fingerprint density at radius 1 is 1.53 bits per heavy atom. The highest BCUT2D eigenvalue weighted by molar-refractivity contribution is 6.28. The number of primary amides is 1. The summed E-state index contributed by atoms with van der Waals surface area (Å²) in [7, 11) is 1.25. The lowest BCUT2D eigenvalue weighted by Gasteiger charge is -2.23. The van der Waals surface area contributed by atoms with Gasteiger partial charge in [0.1, 0.15) is 11.9 Å². The summed E-state index contributed by atoms with van der Waals surface area (Å²) in [6, 6.07) is 1.01. The molecule has 0 aliphatic carbocycles. The third-order valence-electron chi connectivity index (χ3n) is 2.96. The molecule has 1 amide bonds. The number of esters is 1. The Morgan fingerprint density at radius 2 is 2.26 bits per heavy atom. The molecule has 1 aromatic heterocycles. The maximum absolute atomic E-state index is 11.5. The van der Waals surface area contributed by atoms with Crippen LogP contribution in [0.5, 0.6) is 0 Å². The molecule has 0 unspecified atom stereocenters. The molecule has 1 aromatic rings. The van der Waals surface area contributed by atoms with Crippen LogP contribution >= 0.6 is 11.6 Å². The summed E-state index contributed by atoms with van der Waals surface area (Å²) in [6.45, 7) is 0.627. The van der Waals surface area contributed by atoms with E-state index < -0.39 is 17.9 Å². The van der Waals surface area contributed by atoms with Gasteiger partial charge in [-0.3, -0.25) is 4.79 Å². The predicted octanol–water partition coefficient (Wildman–Crippen LogP) is 0.371. The topological polar surface area (TPSA) is 98.4 Å². The fraction of sp³-hybridized carbons (Fsp3) is 0.455. The normalized spacial score (nSPS) is 18.4. The molecule has 0 aromatic carbocycles. The molecular weight excluding hydrogens is 272 g/mol. The molecule has 1 aliphatic heterocycles. The van der Waals surface area contributed by atoms with Crippen LogP contribution in [0.15, 0.2) is 6.07 Å². The zero-order chi connectivity index (χ0) is 14.0. The van der Waals surface area contributed by atoms with Gasteiger partial charge in [0.25, 0.3) is 0 Å². The number of rotatable bonds is 3. The molecule has 1 saturated heterocycles. The third kappa shape index (κ3) is 2.76. The average Bonchev–Trinajstić information content (AvgIpc) is 2.86. The van der Waals surface area contributed by atoms with Crippen LogP contribution in [0.4, 0.5) is 5.82 Å². The van der Waals surface area contributed by atoms with Crippen molar-refractivity contribution in [3.05, 3.63) is 17.0 Å². The minimum absolute atomic E-state index is 0.0487. The van der Waals surface area contributed by atoms with Gasteiger partial charge in [0.15, 0.2) is 5.69 Å². The van der Waals surface area contributed by atoms with Crippen LogP contribution in [0.1, 0.15) is 23.3 Å². The van der Waals surface area contributed by atoms with Gasteiger partial charge >= 0.3 is 5.97 Å². The van der Waals surface area contributed by atoms with Crippen molar-refractivity contribution in [1.82, 2.24) is 9.97 Å². The summed E-state index contributed by atoms with van der Waals surface area (Å²) in [5, 5.41) is -0.0759. The summed E-state index contributed by atoms with van der Waals surface area (Å²) >= 11 is 5.78. The number of ether oxygens (including phenoxy) is 1. The van der Waals surface area contributed by atoms with Gasteiger partial charge in [-0.15, -0.1) is 0 Å². The maximum Gasteiger partial charge on any atom is 0.356 e. The fourth-order valence-corrected chi connectivity index (χ4v) is 2.28. The number of amides is 1. The minimum atomic E-state index is -0.611. The molecular formula is C11H13ClN4O3. The van der Waals surface area contributed by atoms with Crippen LogP contribution in [-0.2, 0) is 9.53 Å². The summed E-state index contributed by atoms with van der Waals surface area (Å²) in [4.78, 5) is 32.4. The number of carbonyl (C=O) groups is 2. The number of methoxy groups -OCH3 is 1. The standard InChI is InChI=1S/C11H13ClN4O3/c1-19-10(18)6-5-8(15-11(12)14-6)16-4-2-3-7(16)9(13)17/h5,7H,2-4H2,1H3,(H2,13,17)/t7-/m0/s1. The molecule has 0 radical (unpaired) electrons. The van der Waals surface area contributed by atoms with Crippen molar-refractivity contribution in [2.45, 2.75) is 18.9 Å². The Balaban J connectivity index is 2.36. The minimum Gasteiger partial charge on any atom is -0.464 e. The molecule has 8 heteroatoms. The molecule has 0 saturated carbocycles. The molecule has 1 fully saturated rings. The van der Waals surface area contributed by atoms with E-state index in [0.29, 0.717) is 18.8 Å². The zero-order valence-electron chi connectivity index (χ0n) is 10.3. The number of hydrogen-bond donors (Lipinski definition) is 1. The Bertz CT molecular complexity index is 523. The summed E-state index contributed by atoms with van der Waals surface area (Å²) < 4.78 is 4.59. The number of aromatic nitrogens is 2. The summed E-state index contributed by atoms with van der Waals surface area (Å²) in [5.74, 6) is -0.631. The van der Waals surface area contributed by atoms with Crippen molar-refractivity contribution in [2.75, 3.05) is 18.6 Å². The van der Waals surface area contributed by atoms with Crippen LogP contribution < -0.4 is 10.6 Å². The lowest BCUT2D eigenvalue weighted by Crippen LogP contribution is -2.40. The number of nitrogens with zero attached hydrogens (tertiary/aromatic N) is 3. The van der Waals surface area contributed by atoms with E-state index in [1.54, 1.807) is 4.90 Å². The quantitative estimate of drug-likeness (QED) is 0.636. The first-order valence-electron chi connectivity index (χ1n) is 5.72. The number of nitrogens with two attached hydrogens (primary N) is 1. The largest absolute Gasteiger partial charge is 0.464 e. The van der Waals surface area contributed by atoms with Gasteiger partial charge in [0.05, 0.1) is 7.11 Å². The van der Waals surface area contributed by atoms with E-state index >= 15 is 0 Å². The molecule has 7 nitrogen and oxygen atoms in total. The van der Waals surface area contributed by atoms with Gasteiger partial charge in [-0.25, -0.2) is 14.8 Å². The Labute approximate surface area is 114 Å². The monoisotopic (exact) mass is 284 g/mol. The Morgan fingerprint density at radius 3 is 2.89 bits per heavy atom. The van der Waals surface area contributed by atoms with Crippen LogP contribution in [0, 0.1) is 0 Å². The predicted molar refractivity (Wildman–Crippen MR) is 67.9 cm³/mol. The van der Waals surface area contributed by atoms with E-state index in [1.807, 2.05) is 0 Å². The van der Waals surface area contributed by atoms with E-state index in [2.05, 4.69) is 14.7 Å². The zero-order valence-corrected chi connectivity index (χ0v) is 11.1. The highest BCUT2D eigenvalue weighted by atomic mass is 35.5. The van der Waals surface area contributed by atoms with Gasteiger partial charge < -0.3 is 15.4 Å². The Kier molecular flexibility index (Phi) is 3.84. The number of anilines is 1. The summed E-state index contributed by atoms with van der Waals surface area (Å²) in [6.07, 6.45) is 1.48. The van der Waals surface area contributed by atoms with E-state index in [9.17, 15) is 9.59 Å². The number of halogens is 1. The van der Waals surface area contributed by atoms with Crippen molar-refractivity contribution in [2.24, 2.45) is 5.73 Å². The molecule has 2 rings (SSSR count). The smallest absolute Gasteiger partial charge is 0.356 e. The molecule has 0 bridgehead atoms. The molecule has 19 heavy (non-hydrogen) atoms. The first-order chi connectivity index (χ1) is 9.02. The Hall–Kier alpha value is -1.89. The second-order valence-electron chi connectivity index (χ2n) is 4.13. The fourth-order valence-electron chi connectivity index (χ4n) is 2.10. The van der Waals surface area contributed by atoms with Crippen molar-refractivity contribution in [1.29, 1.82) is 0 Å². The average molecular weight is 285 g/mol. The van der Waals surface area contributed by atoms with Gasteiger partial charge in [-0.2, -0.15) is 0 Å². The number of carbonyl (C=O) groups excluding carboxylic acids is 2. The van der Waals surface area contributed by atoms with Crippen LogP contribution in [-0.4, -0.2) is 41.5 Å².